The lowest BCUT2D eigenvalue weighted by atomic mass is 9.79. The summed E-state index contributed by atoms with van der Waals surface area (Å²) in [6, 6.07) is 0. The fourth-order valence-corrected chi connectivity index (χ4v) is 1.74. The van der Waals surface area contributed by atoms with Crippen LogP contribution in [0.3, 0.4) is 0 Å². The molecule has 0 spiro atoms. The van der Waals surface area contributed by atoms with E-state index in [1.165, 1.54) is 0 Å². The molecule has 1 atom stereocenters. The smallest absolute Gasteiger partial charge is 0.316 e. The highest BCUT2D eigenvalue weighted by Crippen LogP contribution is 2.34. The molecule has 1 aliphatic carbocycles. The average molecular weight is 178 g/mol. The number of esters is 1. The Bertz CT molecular complexity index is 297. The number of allylic oxidation sites excluding steroid dienone is 3. The fraction of sp³-hybridized carbons (Fsp3) is 0.545. The van der Waals surface area contributed by atoms with Gasteiger partial charge in [-0.2, -0.15) is 0 Å². The number of rotatable bonds is 1. The third-order valence-corrected chi connectivity index (χ3v) is 2.59. The molecular weight excluding hydrogens is 164 g/mol. The molecule has 2 heteroatoms. The molecule has 70 valence electrons. The van der Waals surface area contributed by atoms with Crippen molar-refractivity contribution >= 4 is 5.97 Å². The van der Waals surface area contributed by atoms with E-state index in [0.717, 1.165) is 12.0 Å². The standard InChI is InChI=1S/C11H14O2/c1-11(2)5-3-4-8(6-11)9-7-13-10(9)12/h3-4,6,9H,5,7H2,1-2H3. The van der Waals surface area contributed by atoms with Crippen molar-refractivity contribution in [1.29, 1.82) is 0 Å². The van der Waals surface area contributed by atoms with Crippen LogP contribution >= 0.6 is 0 Å². The highest BCUT2D eigenvalue weighted by Gasteiger charge is 2.34. The Labute approximate surface area is 78.3 Å². The van der Waals surface area contributed by atoms with Crippen LogP contribution in [0.4, 0.5) is 0 Å². The van der Waals surface area contributed by atoms with Crippen LogP contribution in [0.15, 0.2) is 23.8 Å². The lowest BCUT2D eigenvalue weighted by molar-refractivity contribution is -0.165. The van der Waals surface area contributed by atoms with E-state index < -0.39 is 0 Å². The highest BCUT2D eigenvalue weighted by atomic mass is 16.6. The maximum Gasteiger partial charge on any atom is 0.316 e. The van der Waals surface area contributed by atoms with Crippen molar-refractivity contribution in [2.24, 2.45) is 11.3 Å². The summed E-state index contributed by atoms with van der Waals surface area (Å²) in [6.45, 7) is 4.92. The first-order chi connectivity index (χ1) is 6.08. The van der Waals surface area contributed by atoms with Gasteiger partial charge < -0.3 is 4.74 Å². The van der Waals surface area contributed by atoms with Gasteiger partial charge in [0.15, 0.2) is 0 Å². The molecule has 1 saturated heterocycles. The maximum atomic E-state index is 11.0. The Kier molecular flexibility index (Phi) is 1.79. The first-order valence-corrected chi connectivity index (χ1v) is 4.64. The number of ether oxygens (including phenoxy) is 1. The van der Waals surface area contributed by atoms with Crippen molar-refractivity contribution in [2.45, 2.75) is 20.3 Å². The van der Waals surface area contributed by atoms with E-state index in [1.54, 1.807) is 0 Å². The summed E-state index contributed by atoms with van der Waals surface area (Å²) in [5.74, 6) is -0.0653. The van der Waals surface area contributed by atoms with Crippen molar-refractivity contribution in [3.63, 3.8) is 0 Å². The van der Waals surface area contributed by atoms with Crippen LogP contribution in [0.2, 0.25) is 0 Å². The van der Waals surface area contributed by atoms with E-state index in [4.69, 9.17) is 4.74 Å². The van der Waals surface area contributed by atoms with Crippen molar-refractivity contribution in [1.82, 2.24) is 0 Å². The zero-order valence-electron chi connectivity index (χ0n) is 8.04. The lowest BCUT2D eigenvalue weighted by Gasteiger charge is -2.30. The van der Waals surface area contributed by atoms with Gasteiger partial charge in [-0.3, -0.25) is 4.79 Å². The Morgan fingerprint density at radius 1 is 1.54 bits per heavy atom. The molecular formula is C11H14O2. The van der Waals surface area contributed by atoms with E-state index in [2.05, 4.69) is 32.1 Å². The predicted molar refractivity (Wildman–Crippen MR) is 50.1 cm³/mol. The Hall–Kier alpha value is -1.05. The normalized spacial score (nSPS) is 30.5. The fourth-order valence-electron chi connectivity index (χ4n) is 1.74. The predicted octanol–water partition coefficient (Wildman–Crippen LogP) is 2.07. The number of carbonyl (C=O) groups is 1. The second-order valence-electron chi connectivity index (χ2n) is 4.42. The summed E-state index contributed by atoms with van der Waals surface area (Å²) in [5.41, 5.74) is 1.33. The Morgan fingerprint density at radius 3 is 2.77 bits per heavy atom. The minimum atomic E-state index is -0.0754. The first kappa shape index (κ1) is 8.54. The zero-order chi connectivity index (χ0) is 9.47. The zero-order valence-corrected chi connectivity index (χ0v) is 8.04. The molecule has 1 heterocycles. The molecule has 1 unspecified atom stereocenters. The van der Waals surface area contributed by atoms with Gasteiger partial charge in [0.25, 0.3) is 0 Å². The van der Waals surface area contributed by atoms with E-state index >= 15 is 0 Å². The van der Waals surface area contributed by atoms with Crippen LogP contribution < -0.4 is 0 Å². The van der Waals surface area contributed by atoms with E-state index in [1.807, 2.05) is 0 Å². The van der Waals surface area contributed by atoms with Gasteiger partial charge >= 0.3 is 5.97 Å². The quantitative estimate of drug-likeness (QED) is 0.574. The first-order valence-electron chi connectivity index (χ1n) is 4.64. The molecule has 0 amide bonds. The van der Waals surface area contributed by atoms with E-state index in [0.29, 0.717) is 6.61 Å². The molecule has 0 aromatic rings. The third kappa shape index (κ3) is 1.53. The van der Waals surface area contributed by atoms with Crippen molar-refractivity contribution in [3.8, 4) is 0 Å². The van der Waals surface area contributed by atoms with Gasteiger partial charge in [0.1, 0.15) is 12.5 Å². The van der Waals surface area contributed by atoms with Crippen LogP contribution in [0, 0.1) is 11.3 Å². The summed E-state index contributed by atoms with van der Waals surface area (Å²) in [7, 11) is 0. The summed E-state index contributed by atoms with van der Waals surface area (Å²) < 4.78 is 4.75. The molecule has 1 aliphatic heterocycles. The Balaban J connectivity index is 2.19. The van der Waals surface area contributed by atoms with Crippen LogP contribution in [0.25, 0.3) is 0 Å². The van der Waals surface area contributed by atoms with Gasteiger partial charge in [0.05, 0.1) is 0 Å². The number of carbonyl (C=O) groups excluding carboxylic acids is 1. The molecule has 0 aromatic heterocycles. The van der Waals surface area contributed by atoms with Crippen molar-refractivity contribution in [2.75, 3.05) is 6.61 Å². The van der Waals surface area contributed by atoms with Crippen LogP contribution in [0.5, 0.6) is 0 Å². The number of cyclic esters (lactones) is 1. The van der Waals surface area contributed by atoms with E-state index in [9.17, 15) is 4.79 Å². The molecule has 2 rings (SSSR count). The summed E-state index contributed by atoms with van der Waals surface area (Å²) in [4.78, 5) is 11.0. The van der Waals surface area contributed by atoms with Crippen LogP contribution in [0.1, 0.15) is 20.3 Å². The highest BCUT2D eigenvalue weighted by molar-refractivity contribution is 5.81. The molecule has 2 nitrogen and oxygen atoms in total. The van der Waals surface area contributed by atoms with Gasteiger partial charge in [0.2, 0.25) is 0 Å². The second kappa shape index (κ2) is 2.72. The minimum Gasteiger partial charge on any atom is -0.464 e. The second-order valence-corrected chi connectivity index (χ2v) is 4.42. The topological polar surface area (TPSA) is 26.3 Å². The van der Waals surface area contributed by atoms with Crippen molar-refractivity contribution < 1.29 is 9.53 Å². The molecule has 0 saturated carbocycles. The largest absolute Gasteiger partial charge is 0.464 e. The van der Waals surface area contributed by atoms with Gasteiger partial charge in [-0.05, 0) is 17.4 Å². The Morgan fingerprint density at radius 2 is 2.31 bits per heavy atom. The summed E-state index contributed by atoms with van der Waals surface area (Å²) in [6.07, 6.45) is 7.44. The molecule has 0 N–H and O–H groups in total. The lowest BCUT2D eigenvalue weighted by Crippen LogP contribution is -2.36. The SMILES string of the molecule is CC1(C)C=C(C2COC2=O)C=CC1. The number of hydrogen-bond donors (Lipinski definition) is 0. The van der Waals surface area contributed by atoms with Gasteiger partial charge in [-0.15, -0.1) is 0 Å². The molecule has 2 aliphatic rings. The number of hydrogen-bond acceptors (Lipinski definition) is 2. The monoisotopic (exact) mass is 178 g/mol. The molecule has 1 fully saturated rings. The van der Waals surface area contributed by atoms with Crippen molar-refractivity contribution in [3.05, 3.63) is 23.8 Å². The molecule has 0 radical (unpaired) electrons. The van der Waals surface area contributed by atoms with E-state index in [-0.39, 0.29) is 17.3 Å². The van der Waals surface area contributed by atoms with Gasteiger partial charge in [0, 0.05) is 0 Å². The minimum absolute atomic E-state index is 0.0100. The molecule has 13 heavy (non-hydrogen) atoms. The summed E-state index contributed by atoms with van der Waals surface area (Å²) >= 11 is 0. The maximum absolute atomic E-state index is 11.0. The third-order valence-electron chi connectivity index (χ3n) is 2.59. The van der Waals surface area contributed by atoms with Crippen LogP contribution in [-0.4, -0.2) is 12.6 Å². The summed E-state index contributed by atoms with van der Waals surface area (Å²) in [5, 5.41) is 0. The average Bonchev–Trinajstić information content (AvgIpc) is 2.00. The molecule has 0 bridgehead atoms. The van der Waals surface area contributed by atoms with Gasteiger partial charge in [-0.25, -0.2) is 0 Å². The molecule has 0 aromatic carbocycles. The van der Waals surface area contributed by atoms with Crippen LogP contribution in [-0.2, 0) is 9.53 Å². The van der Waals surface area contributed by atoms with Gasteiger partial charge in [-0.1, -0.05) is 32.1 Å².